The summed E-state index contributed by atoms with van der Waals surface area (Å²) in [5.74, 6) is 1.93. The van der Waals surface area contributed by atoms with E-state index < -0.39 is 0 Å². The van der Waals surface area contributed by atoms with Crippen LogP contribution in [-0.4, -0.2) is 22.4 Å². The second-order valence-electron chi connectivity index (χ2n) is 7.54. The van der Waals surface area contributed by atoms with Crippen molar-refractivity contribution in [2.24, 2.45) is 0 Å². The molecule has 6 nitrogen and oxygen atoms in total. The summed E-state index contributed by atoms with van der Waals surface area (Å²) in [5.41, 5.74) is 1.98. The van der Waals surface area contributed by atoms with Crippen molar-refractivity contribution < 1.29 is 9.15 Å². The molecule has 140 valence electrons. The quantitative estimate of drug-likeness (QED) is 0.911. The Hall–Kier alpha value is -1.92. The van der Waals surface area contributed by atoms with Crippen molar-refractivity contribution in [3.63, 3.8) is 0 Å². The smallest absolute Gasteiger partial charge is 0.267 e. The van der Waals surface area contributed by atoms with E-state index in [1.54, 1.807) is 10.7 Å². The number of hydrogen-bond donors (Lipinski definition) is 1. The van der Waals surface area contributed by atoms with Crippen LogP contribution < -0.4 is 10.9 Å². The zero-order valence-electron chi connectivity index (χ0n) is 15.5. The van der Waals surface area contributed by atoms with Gasteiger partial charge >= 0.3 is 0 Å². The molecule has 2 aliphatic rings. The van der Waals surface area contributed by atoms with E-state index in [0.29, 0.717) is 19.3 Å². The Kier molecular flexibility index (Phi) is 4.96. The van der Waals surface area contributed by atoms with Crippen LogP contribution in [0.4, 0.5) is 0 Å². The Morgan fingerprint density at radius 3 is 2.81 bits per heavy atom. The number of aromatic nitrogens is 2. The van der Waals surface area contributed by atoms with Crippen molar-refractivity contribution in [2.75, 3.05) is 6.61 Å². The van der Waals surface area contributed by atoms with Crippen LogP contribution in [0.25, 0.3) is 0 Å². The second kappa shape index (κ2) is 7.37. The van der Waals surface area contributed by atoms with E-state index >= 15 is 0 Å². The van der Waals surface area contributed by atoms with Gasteiger partial charge in [0.25, 0.3) is 5.56 Å². The van der Waals surface area contributed by atoms with Crippen LogP contribution in [-0.2, 0) is 17.8 Å². The van der Waals surface area contributed by atoms with E-state index in [1.807, 2.05) is 19.1 Å². The Morgan fingerprint density at radius 1 is 1.27 bits per heavy atom. The molecule has 0 aromatic carbocycles. The van der Waals surface area contributed by atoms with Gasteiger partial charge in [-0.05, 0) is 51.7 Å². The van der Waals surface area contributed by atoms with E-state index in [9.17, 15) is 4.79 Å². The molecule has 1 aliphatic carbocycles. The Labute approximate surface area is 153 Å². The molecule has 0 radical (unpaired) electrons. The van der Waals surface area contributed by atoms with Crippen LogP contribution in [0.3, 0.4) is 0 Å². The molecule has 1 saturated carbocycles. The fourth-order valence-electron chi connectivity index (χ4n) is 4.10. The number of nitrogens with zero attached hydrogens (tertiary/aromatic N) is 2. The number of ether oxygens (including phenoxy) is 1. The predicted molar refractivity (Wildman–Crippen MR) is 98.1 cm³/mol. The first kappa shape index (κ1) is 17.5. The molecular weight excluding hydrogens is 330 g/mol. The normalized spacial score (nSPS) is 24.2. The average molecular weight is 357 g/mol. The van der Waals surface area contributed by atoms with E-state index in [1.165, 1.54) is 0 Å². The zero-order valence-corrected chi connectivity index (χ0v) is 15.5. The van der Waals surface area contributed by atoms with Gasteiger partial charge < -0.3 is 14.5 Å². The highest BCUT2D eigenvalue weighted by Gasteiger charge is 2.26. The summed E-state index contributed by atoms with van der Waals surface area (Å²) in [7, 11) is 0. The van der Waals surface area contributed by atoms with Crippen molar-refractivity contribution in [3.8, 4) is 0 Å². The van der Waals surface area contributed by atoms with Crippen LogP contribution in [0.1, 0.15) is 67.5 Å². The summed E-state index contributed by atoms with van der Waals surface area (Å²) < 4.78 is 12.9. The first-order valence-corrected chi connectivity index (χ1v) is 9.62. The van der Waals surface area contributed by atoms with Crippen LogP contribution in [0.5, 0.6) is 0 Å². The lowest BCUT2D eigenvalue weighted by Gasteiger charge is -2.31. The minimum atomic E-state index is 0.00471. The van der Waals surface area contributed by atoms with Gasteiger partial charge in [0, 0.05) is 24.1 Å². The van der Waals surface area contributed by atoms with Gasteiger partial charge in [0.1, 0.15) is 11.5 Å². The SMILES string of the molecule is Cc1ccc(C(C)NC2CCC(n3nc4c(cc3=O)COCC4)CC2)o1. The molecule has 1 unspecified atom stereocenters. The molecule has 26 heavy (non-hydrogen) atoms. The molecule has 0 amide bonds. The van der Waals surface area contributed by atoms with Gasteiger partial charge in [0.05, 0.1) is 31.0 Å². The predicted octanol–water partition coefficient (Wildman–Crippen LogP) is 3.05. The lowest BCUT2D eigenvalue weighted by Crippen LogP contribution is -2.38. The topological polar surface area (TPSA) is 69.3 Å². The summed E-state index contributed by atoms with van der Waals surface area (Å²) in [6, 6.07) is 6.62. The van der Waals surface area contributed by atoms with Gasteiger partial charge in [-0.1, -0.05) is 0 Å². The molecule has 0 spiro atoms. The molecule has 2 aromatic rings. The van der Waals surface area contributed by atoms with Crippen LogP contribution >= 0.6 is 0 Å². The third-order valence-corrected chi connectivity index (χ3v) is 5.58. The van der Waals surface area contributed by atoms with Crippen LogP contribution in [0.2, 0.25) is 0 Å². The van der Waals surface area contributed by atoms with E-state index in [-0.39, 0.29) is 17.6 Å². The van der Waals surface area contributed by atoms with Crippen molar-refractivity contribution in [1.82, 2.24) is 15.1 Å². The molecule has 3 heterocycles. The fourth-order valence-corrected chi connectivity index (χ4v) is 4.10. The molecule has 0 saturated heterocycles. The Morgan fingerprint density at radius 2 is 2.08 bits per heavy atom. The minimum Gasteiger partial charge on any atom is -0.465 e. The van der Waals surface area contributed by atoms with E-state index in [0.717, 1.165) is 54.9 Å². The molecule has 1 N–H and O–H groups in total. The molecule has 1 fully saturated rings. The highest BCUT2D eigenvalue weighted by Crippen LogP contribution is 2.29. The molecule has 6 heteroatoms. The molecule has 2 aromatic heterocycles. The molecule has 0 bridgehead atoms. The van der Waals surface area contributed by atoms with Crippen molar-refractivity contribution in [3.05, 3.63) is 51.3 Å². The Balaban J connectivity index is 1.38. The molecule has 1 aliphatic heterocycles. The standard InChI is InChI=1S/C20H27N3O3/c1-13-3-8-19(26-13)14(2)21-16-4-6-17(7-5-16)23-20(24)11-15-12-25-10-9-18(15)22-23/h3,8,11,14,16-17,21H,4-7,9-10,12H2,1-2H3. The summed E-state index contributed by atoms with van der Waals surface area (Å²) >= 11 is 0. The Bertz CT molecular complexity index is 818. The molecular formula is C20H27N3O3. The zero-order chi connectivity index (χ0) is 18.1. The van der Waals surface area contributed by atoms with E-state index in [2.05, 4.69) is 17.3 Å². The van der Waals surface area contributed by atoms with Gasteiger partial charge in [0.15, 0.2) is 0 Å². The fraction of sp³-hybridized carbons (Fsp3) is 0.600. The van der Waals surface area contributed by atoms with Gasteiger partial charge in [-0.2, -0.15) is 5.10 Å². The maximum atomic E-state index is 12.5. The summed E-state index contributed by atoms with van der Waals surface area (Å²) in [6.45, 7) is 5.32. The maximum absolute atomic E-state index is 12.5. The van der Waals surface area contributed by atoms with Crippen molar-refractivity contribution in [1.29, 1.82) is 0 Å². The average Bonchev–Trinajstić information content (AvgIpc) is 3.08. The third-order valence-electron chi connectivity index (χ3n) is 5.58. The van der Waals surface area contributed by atoms with Gasteiger partial charge in [0.2, 0.25) is 0 Å². The second-order valence-corrected chi connectivity index (χ2v) is 7.54. The third kappa shape index (κ3) is 3.62. The first-order valence-electron chi connectivity index (χ1n) is 9.62. The number of furan rings is 1. The summed E-state index contributed by atoms with van der Waals surface area (Å²) in [4.78, 5) is 12.5. The monoisotopic (exact) mass is 357 g/mol. The number of rotatable bonds is 4. The highest BCUT2D eigenvalue weighted by atomic mass is 16.5. The van der Waals surface area contributed by atoms with Crippen LogP contribution in [0, 0.1) is 6.92 Å². The number of aryl methyl sites for hydroxylation is 1. The van der Waals surface area contributed by atoms with Crippen molar-refractivity contribution >= 4 is 0 Å². The minimum absolute atomic E-state index is 0.00471. The maximum Gasteiger partial charge on any atom is 0.267 e. The van der Waals surface area contributed by atoms with E-state index in [4.69, 9.17) is 9.15 Å². The lowest BCUT2D eigenvalue weighted by molar-refractivity contribution is 0.107. The largest absolute Gasteiger partial charge is 0.465 e. The van der Waals surface area contributed by atoms with Crippen LogP contribution in [0.15, 0.2) is 27.4 Å². The van der Waals surface area contributed by atoms with Gasteiger partial charge in [-0.25, -0.2) is 4.68 Å². The lowest BCUT2D eigenvalue weighted by atomic mass is 9.90. The molecule has 4 rings (SSSR count). The number of fused-ring (bicyclic) bond motifs is 1. The van der Waals surface area contributed by atoms with Crippen molar-refractivity contribution in [2.45, 2.75) is 70.7 Å². The summed E-state index contributed by atoms with van der Waals surface area (Å²) in [5, 5.41) is 8.33. The first-order chi connectivity index (χ1) is 12.6. The van der Waals surface area contributed by atoms with Gasteiger partial charge in [-0.3, -0.25) is 4.79 Å². The summed E-state index contributed by atoms with van der Waals surface area (Å²) in [6.07, 6.45) is 4.84. The number of nitrogens with one attached hydrogen (secondary N) is 1. The van der Waals surface area contributed by atoms with Gasteiger partial charge in [-0.15, -0.1) is 0 Å². The molecule has 1 atom stereocenters. The number of hydrogen-bond acceptors (Lipinski definition) is 5. The highest BCUT2D eigenvalue weighted by molar-refractivity contribution is 5.19.